The van der Waals surface area contributed by atoms with E-state index in [9.17, 15) is 8.42 Å². The lowest BCUT2D eigenvalue weighted by atomic mass is 10.1. The molecule has 33 heavy (non-hydrogen) atoms. The van der Waals surface area contributed by atoms with Gasteiger partial charge < -0.3 is 4.90 Å². The van der Waals surface area contributed by atoms with Gasteiger partial charge in [-0.15, -0.1) is 0 Å². The minimum Gasteiger partial charge on any atom is -0.347 e. The van der Waals surface area contributed by atoms with Gasteiger partial charge in [0.05, 0.1) is 10.6 Å². The molecule has 1 aromatic heterocycles. The third-order valence-electron chi connectivity index (χ3n) is 5.08. The molecule has 0 unspecified atom stereocenters. The smallest absolute Gasteiger partial charge is 0.238 e. The molecular weight excluding hydrogens is 454 g/mol. The average Bonchev–Trinajstić information content (AvgIpc) is 3.30. The van der Waals surface area contributed by atoms with E-state index in [2.05, 4.69) is 10.2 Å². The van der Waals surface area contributed by atoms with Gasteiger partial charge >= 0.3 is 0 Å². The summed E-state index contributed by atoms with van der Waals surface area (Å²) in [6.07, 6.45) is 0. The highest BCUT2D eigenvalue weighted by Gasteiger charge is 2.22. The number of hydrogen-bond acceptors (Lipinski definition) is 4. The highest BCUT2D eigenvalue weighted by atomic mass is 32.2. The zero-order valence-corrected chi connectivity index (χ0v) is 19.6. The summed E-state index contributed by atoms with van der Waals surface area (Å²) >= 11 is 5.85. The fraction of sp³-hybridized carbons (Fsp3) is 0.0833. The maximum atomic E-state index is 11.7. The second-order valence-electron chi connectivity index (χ2n) is 7.50. The van der Waals surface area contributed by atoms with Crippen LogP contribution in [0.2, 0.25) is 0 Å². The van der Waals surface area contributed by atoms with Crippen molar-refractivity contribution in [2.45, 2.75) is 11.4 Å². The van der Waals surface area contributed by atoms with Gasteiger partial charge in [-0.1, -0.05) is 60.7 Å². The van der Waals surface area contributed by atoms with Gasteiger partial charge in [-0.25, -0.2) is 13.6 Å². The van der Waals surface area contributed by atoms with Crippen LogP contribution in [-0.2, 0) is 16.6 Å². The molecule has 0 fully saturated rings. The number of thiocarbonyl (C=S) groups is 1. The topological polar surface area (TPSA) is 95.3 Å². The van der Waals surface area contributed by atoms with Crippen LogP contribution in [0.1, 0.15) is 5.56 Å². The maximum Gasteiger partial charge on any atom is 0.238 e. The SMILES string of the molecule is CN(Cc1ccccc1)C(=S)N(c1ccc(S(N)(=O)=O)cc1)c1cc(-c2ccccc2)[nH]n1. The molecule has 9 heteroatoms. The number of benzene rings is 3. The van der Waals surface area contributed by atoms with E-state index in [4.69, 9.17) is 17.4 Å². The molecule has 0 amide bonds. The fourth-order valence-corrected chi connectivity index (χ4v) is 4.19. The minimum atomic E-state index is -3.80. The largest absolute Gasteiger partial charge is 0.347 e. The van der Waals surface area contributed by atoms with E-state index in [0.717, 1.165) is 16.8 Å². The van der Waals surface area contributed by atoms with Crippen molar-refractivity contribution in [2.24, 2.45) is 5.14 Å². The number of nitrogens with one attached hydrogen (secondary N) is 1. The molecule has 168 valence electrons. The number of rotatable bonds is 6. The van der Waals surface area contributed by atoms with E-state index in [1.807, 2.05) is 78.7 Å². The summed E-state index contributed by atoms with van der Waals surface area (Å²) in [6.45, 7) is 0.599. The van der Waals surface area contributed by atoms with Crippen LogP contribution in [-0.4, -0.2) is 35.7 Å². The highest BCUT2D eigenvalue weighted by molar-refractivity contribution is 7.89. The van der Waals surface area contributed by atoms with Crippen LogP contribution in [0.5, 0.6) is 0 Å². The van der Waals surface area contributed by atoms with Crippen molar-refractivity contribution in [2.75, 3.05) is 11.9 Å². The first-order valence-electron chi connectivity index (χ1n) is 10.2. The van der Waals surface area contributed by atoms with Gasteiger partial charge in [0.25, 0.3) is 0 Å². The Morgan fingerprint density at radius 3 is 2.18 bits per heavy atom. The quantitative estimate of drug-likeness (QED) is 0.403. The van der Waals surface area contributed by atoms with E-state index in [1.165, 1.54) is 12.1 Å². The third kappa shape index (κ3) is 5.28. The molecule has 0 aliphatic heterocycles. The number of sulfonamides is 1. The van der Waals surface area contributed by atoms with E-state index in [-0.39, 0.29) is 4.90 Å². The Labute approximate surface area is 198 Å². The molecule has 0 saturated heterocycles. The van der Waals surface area contributed by atoms with Crippen molar-refractivity contribution in [1.82, 2.24) is 15.1 Å². The average molecular weight is 478 g/mol. The number of nitrogens with two attached hydrogens (primary N) is 1. The molecule has 3 N–H and O–H groups in total. The lowest BCUT2D eigenvalue weighted by Gasteiger charge is -2.30. The molecule has 0 aliphatic rings. The first-order valence-corrected chi connectivity index (χ1v) is 12.1. The second-order valence-corrected chi connectivity index (χ2v) is 9.43. The van der Waals surface area contributed by atoms with E-state index in [1.54, 1.807) is 17.0 Å². The molecule has 0 aliphatic carbocycles. The Balaban J connectivity index is 1.71. The first kappa shape index (κ1) is 22.7. The molecule has 0 saturated carbocycles. The number of aromatic nitrogens is 2. The third-order valence-corrected chi connectivity index (χ3v) is 6.51. The van der Waals surface area contributed by atoms with Crippen molar-refractivity contribution >= 4 is 38.9 Å². The molecule has 0 spiro atoms. The number of hydrogen-bond donors (Lipinski definition) is 2. The molecule has 7 nitrogen and oxygen atoms in total. The van der Waals surface area contributed by atoms with Gasteiger partial charge in [0.2, 0.25) is 10.0 Å². The predicted octanol–water partition coefficient (Wildman–Crippen LogP) is 4.28. The summed E-state index contributed by atoms with van der Waals surface area (Å²) in [5.74, 6) is 0.585. The van der Waals surface area contributed by atoms with Crippen molar-refractivity contribution < 1.29 is 8.42 Å². The Kier molecular flexibility index (Phi) is 6.55. The molecule has 0 radical (unpaired) electrons. The van der Waals surface area contributed by atoms with Crippen LogP contribution >= 0.6 is 12.2 Å². The zero-order chi connectivity index (χ0) is 23.4. The van der Waals surface area contributed by atoms with Gasteiger partial charge in [0.1, 0.15) is 0 Å². The fourth-order valence-electron chi connectivity index (χ4n) is 3.41. The maximum absolute atomic E-state index is 11.7. The summed E-state index contributed by atoms with van der Waals surface area (Å²) in [6, 6.07) is 28.0. The summed E-state index contributed by atoms with van der Waals surface area (Å²) < 4.78 is 23.4. The van der Waals surface area contributed by atoms with Crippen LogP contribution in [0.25, 0.3) is 11.3 Å². The van der Waals surface area contributed by atoms with Gasteiger partial charge in [-0.3, -0.25) is 10.00 Å². The lowest BCUT2D eigenvalue weighted by molar-refractivity contribution is 0.503. The summed E-state index contributed by atoms with van der Waals surface area (Å²) in [7, 11) is -1.89. The second kappa shape index (κ2) is 9.53. The van der Waals surface area contributed by atoms with Crippen molar-refractivity contribution in [1.29, 1.82) is 0 Å². The van der Waals surface area contributed by atoms with Gasteiger partial charge in [-0.2, -0.15) is 5.10 Å². The van der Waals surface area contributed by atoms with Crippen LogP contribution in [0.15, 0.2) is 95.9 Å². The number of aromatic amines is 1. The van der Waals surface area contributed by atoms with Crippen LogP contribution in [0.3, 0.4) is 0 Å². The van der Waals surface area contributed by atoms with E-state index >= 15 is 0 Å². The van der Waals surface area contributed by atoms with Crippen LogP contribution in [0, 0.1) is 0 Å². The van der Waals surface area contributed by atoms with Crippen molar-refractivity contribution in [3.8, 4) is 11.3 Å². The van der Waals surface area contributed by atoms with Crippen molar-refractivity contribution in [3.05, 3.63) is 96.6 Å². The lowest BCUT2D eigenvalue weighted by Crippen LogP contribution is -2.38. The van der Waals surface area contributed by atoms with E-state index < -0.39 is 10.0 Å². The summed E-state index contributed by atoms with van der Waals surface area (Å²) in [5, 5.41) is 13.3. The number of anilines is 2. The van der Waals surface area contributed by atoms with Crippen LogP contribution in [0.4, 0.5) is 11.5 Å². The van der Waals surface area contributed by atoms with E-state index in [0.29, 0.717) is 23.2 Å². The zero-order valence-electron chi connectivity index (χ0n) is 17.9. The van der Waals surface area contributed by atoms with Gasteiger partial charge in [-0.05, 0) is 47.6 Å². The summed E-state index contributed by atoms with van der Waals surface area (Å²) in [4.78, 5) is 3.77. The highest BCUT2D eigenvalue weighted by Crippen LogP contribution is 2.30. The monoisotopic (exact) mass is 477 g/mol. The van der Waals surface area contributed by atoms with Gasteiger partial charge in [0, 0.05) is 25.3 Å². The Hall–Kier alpha value is -3.53. The number of primary sulfonamides is 1. The molecule has 3 aromatic carbocycles. The van der Waals surface area contributed by atoms with Crippen LogP contribution < -0.4 is 10.0 Å². The molecular formula is C24H23N5O2S2. The summed E-state index contributed by atoms with van der Waals surface area (Å²) in [5.41, 5.74) is 3.60. The normalized spacial score (nSPS) is 11.2. The molecule has 4 rings (SSSR count). The first-order chi connectivity index (χ1) is 15.8. The standard InChI is InChI=1S/C24H23N5O2S2/c1-28(17-18-8-4-2-5-9-18)24(32)29(20-12-14-21(15-13-20)33(25,30)31)23-16-22(26-27-23)19-10-6-3-7-11-19/h2-16H,17H2,1H3,(H,26,27)(H2,25,30,31). The molecule has 0 atom stereocenters. The number of nitrogens with zero attached hydrogens (tertiary/aromatic N) is 3. The Morgan fingerprint density at radius 1 is 0.970 bits per heavy atom. The Morgan fingerprint density at radius 2 is 1.58 bits per heavy atom. The Bertz CT molecular complexity index is 1340. The molecule has 4 aromatic rings. The molecule has 0 bridgehead atoms. The van der Waals surface area contributed by atoms with Gasteiger partial charge in [0.15, 0.2) is 10.9 Å². The van der Waals surface area contributed by atoms with Crippen molar-refractivity contribution in [3.63, 3.8) is 0 Å². The number of H-pyrrole nitrogens is 1. The molecule has 1 heterocycles. The predicted molar refractivity (Wildman–Crippen MR) is 134 cm³/mol. The minimum absolute atomic E-state index is 0.0294.